The number of hydrogen-bond donors (Lipinski definition) is 2. The highest BCUT2D eigenvalue weighted by atomic mass is 16.4. The summed E-state index contributed by atoms with van der Waals surface area (Å²) >= 11 is 0. The second-order valence-corrected chi connectivity index (χ2v) is 8.02. The number of benzene rings is 1. The molecule has 0 spiro atoms. The molecule has 1 aromatic carbocycles. The number of oxazole rings is 1. The van der Waals surface area contributed by atoms with Crippen molar-refractivity contribution in [2.24, 2.45) is 5.73 Å². The largest absolute Gasteiger partial charge is 0.441 e. The third kappa shape index (κ3) is 3.44. The molecule has 8 nitrogen and oxygen atoms in total. The number of carbonyl (C=O) groups excluding carboxylic acids is 1. The van der Waals surface area contributed by atoms with Crippen LogP contribution in [0.2, 0.25) is 0 Å². The van der Waals surface area contributed by atoms with Gasteiger partial charge < -0.3 is 15.1 Å². The van der Waals surface area contributed by atoms with Crippen LogP contribution in [0.1, 0.15) is 38.0 Å². The number of urea groups is 1. The molecule has 0 aliphatic carbocycles. The highest BCUT2D eigenvalue weighted by molar-refractivity contribution is 5.90. The normalized spacial score (nSPS) is 23.9. The summed E-state index contributed by atoms with van der Waals surface area (Å²) in [4.78, 5) is 28.0. The van der Waals surface area contributed by atoms with Gasteiger partial charge in [0.2, 0.25) is 5.95 Å². The molecule has 29 heavy (non-hydrogen) atoms. The van der Waals surface area contributed by atoms with E-state index in [-0.39, 0.29) is 24.2 Å². The van der Waals surface area contributed by atoms with Crippen LogP contribution in [0.5, 0.6) is 0 Å². The zero-order chi connectivity index (χ0) is 20.0. The summed E-state index contributed by atoms with van der Waals surface area (Å²) in [6.45, 7) is 1.81. The van der Waals surface area contributed by atoms with Crippen LogP contribution in [0, 0.1) is 6.92 Å². The van der Waals surface area contributed by atoms with Crippen molar-refractivity contribution in [3.63, 3.8) is 0 Å². The Kier molecular flexibility index (Phi) is 4.43. The summed E-state index contributed by atoms with van der Waals surface area (Å²) in [6.07, 6.45) is 8.32. The van der Waals surface area contributed by atoms with Crippen molar-refractivity contribution in [3.05, 3.63) is 36.5 Å². The molecule has 3 aromatic rings. The Bertz CT molecular complexity index is 1050. The number of anilines is 1. The summed E-state index contributed by atoms with van der Waals surface area (Å²) in [7, 11) is 0. The van der Waals surface area contributed by atoms with Gasteiger partial charge in [0.15, 0.2) is 11.7 Å². The topological polar surface area (TPSA) is 110 Å². The third-order valence-corrected chi connectivity index (χ3v) is 5.95. The predicted molar refractivity (Wildman–Crippen MR) is 109 cm³/mol. The Morgan fingerprint density at radius 1 is 1.21 bits per heavy atom. The van der Waals surface area contributed by atoms with E-state index in [0.29, 0.717) is 17.6 Å². The van der Waals surface area contributed by atoms with E-state index in [1.54, 1.807) is 12.4 Å². The molecule has 3 N–H and O–H groups in total. The maximum atomic E-state index is 13.0. The molecule has 2 amide bonds. The van der Waals surface area contributed by atoms with Gasteiger partial charge in [-0.25, -0.2) is 19.7 Å². The number of nitrogens with one attached hydrogen (secondary N) is 1. The highest BCUT2D eigenvalue weighted by Gasteiger charge is 2.40. The van der Waals surface area contributed by atoms with Gasteiger partial charge in [-0.05, 0) is 38.2 Å². The molecule has 0 radical (unpaired) electrons. The number of piperidine rings is 2. The van der Waals surface area contributed by atoms with Crippen LogP contribution >= 0.6 is 0 Å². The van der Waals surface area contributed by atoms with Crippen molar-refractivity contribution < 1.29 is 9.21 Å². The van der Waals surface area contributed by atoms with E-state index in [0.717, 1.165) is 48.6 Å². The average Bonchev–Trinajstić information content (AvgIpc) is 3.13. The van der Waals surface area contributed by atoms with Crippen molar-refractivity contribution in [1.29, 1.82) is 0 Å². The van der Waals surface area contributed by atoms with Gasteiger partial charge in [0, 0.05) is 42.2 Å². The maximum Gasteiger partial charge on any atom is 0.324 e. The van der Waals surface area contributed by atoms with Gasteiger partial charge in [-0.15, -0.1) is 0 Å². The third-order valence-electron chi connectivity index (χ3n) is 5.95. The van der Waals surface area contributed by atoms with Gasteiger partial charge in [0.05, 0.1) is 11.7 Å². The monoisotopic (exact) mass is 392 g/mol. The molecule has 2 saturated heterocycles. The van der Waals surface area contributed by atoms with Crippen LogP contribution in [0.15, 0.2) is 35.0 Å². The lowest BCUT2D eigenvalue weighted by Crippen LogP contribution is -2.58. The van der Waals surface area contributed by atoms with E-state index in [9.17, 15) is 4.79 Å². The highest BCUT2D eigenvalue weighted by Crippen LogP contribution is 2.34. The molecule has 8 heteroatoms. The molecule has 0 saturated carbocycles. The van der Waals surface area contributed by atoms with Crippen molar-refractivity contribution in [2.75, 3.05) is 5.32 Å². The molecule has 2 aliphatic rings. The SMILES string of the molecule is Cc1ncc(-c2ccc3cnc(NC(=O)N4C5CCC[C@H]4C[C@@H](N)C5)nc3c2)o1. The minimum absolute atomic E-state index is 0.132. The van der Waals surface area contributed by atoms with Crippen molar-refractivity contribution in [3.8, 4) is 11.3 Å². The van der Waals surface area contributed by atoms with Gasteiger partial charge >= 0.3 is 6.03 Å². The van der Waals surface area contributed by atoms with E-state index < -0.39 is 0 Å². The minimum Gasteiger partial charge on any atom is -0.441 e. The molecular formula is C21H24N6O2. The quantitative estimate of drug-likeness (QED) is 0.691. The molecule has 1 unspecified atom stereocenters. The standard InChI is InChI=1S/C21H24N6O2/c1-12-23-11-19(29-12)13-5-6-14-10-24-20(25-18(14)7-13)26-21(28)27-16-3-2-4-17(27)9-15(22)8-16/h5-7,10-11,15-17H,2-4,8-9,22H2,1H3,(H,24,25,26,28)/t15-,16+,17?/m1/s1. The molecule has 2 fully saturated rings. The van der Waals surface area contributed by atoms with Crippen LogP contribution in [0.25, 0.3) is 22.2 Å². The van der Waals surface area contributed by atoms with Gasteiger partial charge in [-0.1, -0.05) is 12.1 Å². The summed E-state index contributed by atoms with van der Waals surface area (Å²) in [5.74, 6) is 1.61. The van der Waals surface area contributed by atoms with Crippen molar-refractivity contribution in [1.82, 2.24) is 19.9 Å². The zero-order valence-electron chi connectivity index (χ0n) is 16.3. The Labute approximate surface area is 168 Å². The lowest BCUT2D eigenvalue weighted by molar-refractivity contribution is 0.0691. The van der Waals surface area contributed by atoms with E-state index in [2.05, 4.69) is 20.3 Å². The lowest BCUT2D eigenvalue weighted by atomic mass is 9.82. The van der Waals surface area contributed by atoms with Crippen LogP contribution in [0.4, 0.5) is 10.7 Å². The van der Waals surface area contributed by atoms with E-state index >= 15 is 0 Å². The second-order valence-electron chi connectivity index (χ2n) is 8.02. The number of amides is 2. The first-order valence-electron chi connectivity index (χ1n) is 10.1. The lowest BCUT2D eigenvalue weighted by Gasteiger charge is -2.47. The Morgan fingerprint density at radius 3 is 2.72 bits per heavy atom. The summed E-state index contributed by atoms with van der Waals surface area (Å²) < 4.78 is 5.60. The van der Waals surface area contributed by atoms with Gasteiger partial charge in [-0.2, -0.15) is 0 Å². The number of hydrogen-bond acceptors (Lipinski definition) is 6. The Hall–Kier alpha value is -3.00. The number of aromatic nitrogens is 3. The second kappa shape index (κ2) is 7.11. The maximum absolute atomic E-state index is 13.0. The summed E-state index contributed by atoms with van der Waals surface area (Å²) in [5, 5.41) is 3.79. The van der Waals surface area contributed by atoms with Crippen LogP contribution in [-0.2, 0) is 0 Å². The molecule has 2 bridgehead atoms. The number of carbonyl (C=O) groups is 1. The molecule has 3 atom stereocenters. The number of nitrogens with zero attached hydrogens (tertiary/aromatic N) is 4. The first-order chi connectivity index (χ1) is 14.1. The fraction of sp³-hybridized carbons (Fsp3) is 0.429. The first kappa shape index (κ1) is 18.1. The van der Waals surface area contributed by atoms with E-state index in [1.165, 1.54) is 0 Å². The Morgan fingerprint density at radius 2 is 2.00 bits per heavy atom. The van der Waals surface area contributed by atoms with Crippen molar-refractivity contribution >= 4 is 22.9 Å². The van der Waals surface area contributed by atoms with E-state index in [1.807, 2.05) is 30.0 Å². The number of fused-ring (bicyclic) bond motifs is 3. The van der Waals surface area contributed by atoms with Crippen LogP contribution in [0.3, 0.4) is 0 Å². The molecule has 4 heterocycles. The molecule has 2 aromatic heterocycles. The average molecular weight is 392 g/mol. The molecular weight excluding hydrogens is 368 g/mol. The fourth-order valence-electron chi connectivity index (χ4n) is 4.65. The van der Waals surface area contributed by atoms with Crippen LogP contribution < -0.4 is 11.1 Å². The molecule has 5 rings (SSSR count). The smallest absolute Gasteiger partial charge is 0.324 e. The summed E-state index contributed by atoms with van der Waals surface area (Å²) in [6, 6.07) is 6.27. The minimum atomic E-state index is -0.132. The molecule has 2 aliphatic heterocycles. The van der Waals surface area contributed by atoms with Crippen LogP contribution in [-0.4, -0.2) is 44.0 Å². The van der Waals surface area contributed by atoms with E-state index in [4.69, 9.17) is 10.2 Å². The number of aryl methyl sites for hydroxylation is 1. The number of rotatable bonds is 2. The van der Waals surface area contributed by atoms with Gasteiger partial charge in [0.1, 0.15) is 0 Å². The Balaban J connectivity index is 1.39. The van der Waals surface area contributed by atoms with Gasteiger partial charge in [0.25, 0.3) is 0 Å². The number of nitrogens with two attached hydrogens (primary N) is 1. The first-order valence-corrected chi connectivity index (χ1v) is 10.1. The molecule has 150 valence electrons. The fourth-order valence-corrected chi connectivity index (χ4v) is 4.65. The predicted octanol–water partition coefficient (Wildman–Crippen LogP) is 3.47. The zero-order valence-corrected chi connectivity index (χ0v) is 16.3. The summed E-state index contributed by atoms with van der Waals surface area (Å²) in [5.41, 5.74) is 7.79. The van der Waals surface area contributed by atoms with Gasteiger partial charge in [-0.3, -0.25) is 5.32 Å². The van der Waals surface area contributed by atoms with Crippen molar-refractivity contribution in [2.45, 2.75) is 57.2 Å².